The Balaban J connectivity index is 2.39. The number of hydrogen-bond donors (Lipinski definition) is 1. The Hall–Kier alpha value is -2.04. The van der Waals surface area contributed by atoms with E-state index in [9.17, 15) is 9.59 Å². The van der Waals surface area contributed by atoms with Crippen LogP contribution in [0.4, 0.5) is 11.4 Å². The number of benzene rings is 1. The maximum atomic E-state index is 12.0. The Labute approximate surface area is 106 Å². The topological polar surface area (TPSA) is 72.6 Å². The van der Waals surface area contributed by atoms with Crippen molar-refractivity contribution in [3.63, 3.8) is 0 Å². The highest BCUT2D eigenvalue weighted by Crippen LogP contribution is 2.30. The van der Waals surface area contributed by atoms with E-state index in [4.69, 9.17) is 10.5 Å². The Morgan fingerprint density at radius 1 is 1.17 bits per heavy atom. The van der Waals surface area contributed by atoms with Gasteiger partial charge in [0.15, 0.2) is 0 Å². The van der Waals surface area contributed by atoms with Gasteiger partial charge in [0.1, 0.15) is 5.75 Å². The second kappa shape index (κ2) is 5.08. The molecule has 1 aromatic rings. The molecule has 0 aliphatic carbocycles. The highest BCUT2D eigenvalue weighted by atomic mass is 16.5. The molecule has 0 saturated carbocycles. The highest BCUT2D eigenvalue weighted by Gasteiger charge is 2.27. The van der Waals surface area contributed by atoms with Crippen LogP contribution in [0, 0.1) is 0 Å². The van der Waals surface area contributed by atoms with Gasteiger partial charge in [-0.05, 0) is 25.0 Å². The zero-order chi connectivity index (χ0) is 13.1. The van der Waals surface area contributed by atoms with Crippen molar-refractivity contribution in [2.75, 3.05) is 17.7 Å². The molecule has 0 unspecified atom stereocenters. The SMILES string of the molecule is COc1ccc(N2C(=O)CCCCC2=O)c(N)c1. The molecule has 0 bridgehead atoms. The molecule has 1 aliphatic heterocycles. The molecule has 1 heterocycles. The number of nitrogen functional groups attached to an aromatic ring is 1. The Morgan fingerprint density at radius 2 is 1.78 bits per heavy atom. The lowest BCUT2D eigenvalue weighted by molar-refractivity contribution is -0.125. The smallest absolute Gasteiger partial charge is 0.233 e. The van der Waals surface area contributed by atoms with Crippen molar-refractivity contribution >= 4 is 23.2 Å². The molecule has 1 fully saturated rings. The molecule has 2 N–H and O–H groups in total. The van der Waals surface area contributed by atoms with Crippen molar-refractivity contribution in [2.45, 2.75) is 25.7 Å². The van der Waals surface area contributed by atoms with Crippen LogP contribution in [-0.4, -0.2) is 18.9 Å². The number of carbonyl (C=O) groups excluding carboxylic acids is 2. The summed E-state index contributed by atoms with van der Waals surface area (Å²) in [6.45, 7) is 0. The minimum Gasteiger partial charge on any atom is -0.497 e. The third kappa shape index (κ3) is 2.30. The summed E-state index contributed by atoms with van der Waals surface area (Å²) in [6, 6.07) is 4.95. The van der Waals surface area contributed by atoms with Gasteiger partial charge in [0, 0.05) is 18.9 Å². The van der Waals surface area contributed by atoms with Crippen LogP contribution in [0.3, 0.4) is 0 Å². The number of hydrogen-bond acceptors (Lipinski definition) is 4. The van der Waals surface area contributed by atoms with E-state index in [1.54, 1.807) is 18.2 Å². The van der Waals surface area contributed by atoms with E-state index in [1.165, 1.54) is 12.0 Å². The van der Waals surface area contributed by atoms with Gasteiger partial charge >= 0.3 is 0 Å². The van der Waals surface area contributed by atoms with Crippen LogP contribution in [-0.2, 0) is 9.59 Å². The van der Waals surface area contributed by atoms with E-state index in [0.29, 0.717) is 30.0 Å². The average molecular weight is 248 g/mol. The molecular formula is C13H16N2O3. The summed E-state index contributed by atoms with van der Waals surface area (Å²) in [7, 11) is 1.54. The first-order valence-corrected chi connectivity index (χ1v) is 5.93. The number of ether oxygens (including phenoxy) is 1. The van der Waals surface area contributed by atoms with Gasteiger partial charge in [-0.1, -0.05) is 0 Å². The van der Waals surface area contributed by atoms with Gasteiger partial charge in [0.2, 0.25) is 11.8 Å². The third-order valence-corrected chi connectivity index (χ3v) is 3.01. The van der Waals surface area contributed by atoms with Crippen molar-refractivity contribution in [3.05, 3.63) is 18.2 Å². The third-order valence-electron chi connectivity index (χ3n) is 3.01. The normalized spacial score (nSPS) is 16.6. The summed E-state index contributed by atoms with van der Waals surface area (Å²) in [5.41, 5.74) is 6.70. The number of anilines is 2. The predicted molar refractivity (Wildman–Crippen MR) is 68.4 cm³/mol. The number of carbonyl (C=O) groups is 2. The molecule has 1 saturated heterocycles. The first kappa shape index (κ1) is 12.4. The Morgan fingerprint density at radius 3 is 2.28 bits per heavy atom. The number of nitrogens with two attached hydrogens (primary N) is 1. The number of methoxy groups -OCH3 is 1. The maximum Gasteiger partial charge on any atom is 0.233 e. The second-order valence-corrected chi connectivity index (χ2v) is 4.25. The van der Waals surface area contributed by atoms with Gasteiger partial charge in [-0.3, -0.25) is 9.59 Å². The van der Waals surface area contributed by atoms with Gasteiger partial charge < -0.3 is 10.5 Å². The van der Waals surface area contributed by atoms with Crippen molar-refractivity contribution in [2.24, 2.45) is 0 Å². The quantitative estimate of drug-likeness (QED) is 0.638. The number of nitrogens with zero attached hydrogens (tertiary/aromatic N) is 1. The lowest BCUT2D eigenvalue weighted by Crippen LogP contribution is -2.35. The molecule has 96 valence electrons. The molecule has 2 rings (SSSR count). The van der Waals surface area contributed by atoms with Gasteiger partial charge in [-0.15, -0.1) is 0 Å². The predicted octanol–water partition coefficient (Wildman–Crippen LogP) is 1.71. The molecule has 2 amide bonds. The fraction of sp³-hybridized carbons (Fsp3) is 0.385. The van der Waals surface area contributed by atoms with E-state index in [1.807, 2.05) is 0 Å². The molecule has 1 aromatic carbocycles. The molecule has 0 atom stereocenters. The number of imide groups is 1. The second-order valence-electron chi connectivity index (χ2n) is 4.25. The van der Waals surface area contributed by atoms with Crippen LogP contribution >= 0.6 is 0 Å². The first-order valence-electron chi connectivity index (χ1n) is 5.93. The zero-order valence-electron chi connectivity index (χ0n) is 10.3. The number of amides is 2. The molecule has 0 spiro atoms. The van der Waals surface area contributed by atoms with Crippen molar-refractivity contribution < 1.29 is 14.3 Å². The van der Waals surface area contributed by atoms with Crippen LogP contribution in [0.15, 0.2) is 18.2 Å². The summed E-state index contributed by atoms with van der Waals surface area (Å²) < 4.78 is 5.05. The fourth-order valence-corrected chi connectivity index (χ4v) is 2.05. The standard InChI is InChI=1S/C13H16N2O3/c1-18-9-6-7-11(10(14)8-9)15-12(16)4-2-3-5-13(15)17/h6-8H,2-5,14H2,1H3. The molecule has 1 aliphatic rings. The Kier molecular flexibility index (Phi) is 3.50. The van der Waals surface area contributed by atoms with E-state index >= 15 is 0 Å². The van der Waals surface area contributed by atoms with Crippen LogP contribution in [0.25, 0.3) is 0 Å². The van der Waals surface area contributed by atoms with Gasteiger partial charge in [-0.25, -0.2) is 4.90 Å². The highest BCUT2D eigenvalue weighted by molar-refractivity contribution is 6.16. The minimum absolute atomic E-state index is 0.186. The zero-order valence-corrected chi connectivity index (χ0v) is 10.3. The van der Waals surface area contributed by atoms with Crippen LogP contribution < -0.4 is 15.4 Å². The minimum atomic E-state index is -0.186. The summed E-state index contributed by atoms with van der Waals surface area (Å²) in [6.07, 6.45) is 2.27. The molecule has 0 aromatic heterocycles. The monoisotopic (exact) mass is 248 g/mol. The van der Waals surface area contributed by atoms with Crippen LogP contribution in [0.5, 0.6) is 5.75 Å². The van der Waals surface area contributed by atoms with E-state index in [-0.39, 0.29) is 11.8 Å². The van der Waals surface area contributed by atoms with Crippen molar-refractivity contribution in [1.29, 1.82) is 0 Å². The fourth-order valence-electron chi connectivity index (χ4n) is 2.05. The van der Waals surface area contributed by atoms with Gasteiger partial charge in [-0.2, -0.15) is 0 Å². The number of rotatable bonds is 2. The van der Waals surface area contributed by atoms with E-state index < -0.39 is 0 Å². The lowest BCUT2D eigenvalue weighted by Gasteiger charge is -2.20. The van der Waals surface area contributed by atoms with Crippen LogP contribution in [0.2, 0.25) is 0 Å². The lowest BCUT2D eigenvalue weighted by atomic mass is 10.2. The molecule has 5 heteroatoms. The molecular weight excluding hydrogens is 232 g/mol. The Bertz CT molecular complexity index is 467. The van der Waals surface area contributed by atoms with Crippen molar-refractivity contribution in [3.8, 4) is 5.75 Å². The van der Waals surface area contributed by atoms with E-state index in [0.717, 1.165) is 12.8 Å². The summed E-state index contributed by atoms with van der Waals surface area (Å²) in [5.74, 6) is 0.231. The summed E-state index contributed by atoms with van der Waals surface area (Å²) in [5, 5.41) is 0. The van der Waals surface area contributed by atoms with Gasteiger partial charge in [0.05, 0.1) is 18.5 Å². The molecule has 0 radical (unpaired) electrons. The average Bonchev–Trinajstić information content (AvgIpc) is 2.51. The largest absolute Gasteiger partial charge is 0.497 e. The summed E-state index contributed by atoms with van der Waals surface area (Å²) in [4.78, 5) is 25.1. The van der Waals surface area contributed by atoms with Crippen molar-refractivity contribution in [1.82, 2.24) is 0 Å². The van der Waals surface area contributed by atoms with Crippen LogP contribution in [0.1, 0.15) is 25.7 Å². The first-order chi connectivity index (χ1) is 8.63. The molecule has 18 heavy (non-hydrogen) atoms. The maximum absolute atomic E-state index is 12.0. The van der Waals surface area contributed by atoms with Gasteiger partial charge in [0.25, 0.3) is 0 Å². The summed E-state index contributed by atoms with van der Waals surface area (Å²) >= 11 is 0. The van der Waals surface area contributed by atoms with E-state index in [2.05, 4.69) is 0 Å². The molecule has 5 nitrogen and oxygen atoms in total.